The molecule has 0 saturated carbocycles. The minimum atomic E-state index is -0.733. The van der Waals surface area contributed by atoms with E-state index < -0.39 is 12.0 Å². The van der Waals surface area contributed by atoms with E-state index in [-0.39, 0.29) is 0 Å². The summed E-state index contributed by atoms with van der Waals surface area (Å²) in [5.41, 5.74) is 1.74. The SMILES string of the molecule is CCC1CCN(Cc2c(Cl)c(C)nn2CC)C(C(=O)O)C1. The lowest BCUT2D eigenvalue weighted by Crippen LogP contribution is -2.46. The lowest BCUT2D eigenvalue weighted by atomic mass is 9.89. The Morgan fingerprint density at radius 2 is 2.19 bits per heavy atom. The summed E-state index contributed by atoms with van der Waals surface area (Å²) in [5.74, 6) is -0.223. The molecule has 1 aliphatic rings. The number of aryl methyl sites for hydroxylation is 2. The smallest absolute Gasteiger partial charge is 0.320 e. The summed E-state index contributed by atoms with van der Waals surface area (Å²) in [6.45, 7) is 8.14. The average molecular weight is 314 g/mol. The fourth-order valence-corrected chi connectivity index (χ4v) is 3.31. The molecule has 1 aromatic rings. The van der Waals surface area contributed by atoms with Crippen molar-refractivity contribution in [2.45, 2.75) is 59.2 Å². The summed E-state index contributed by atoms with van der Waals surface area (Å²) in [6, 6.07) is -0.416. The van der Waals surface area contributed by atoms with Crippen LogP contribution in [0.4, 0.5) is 0 Å². The first-order chi connectivity index (χ1) is 9.97. The Labute approximate surface area is 130 Å². The Morgan fingerprint density at radius 3 is 2.76 bits per heavy atom. The third kappa shape index (κ3) is 3.40. The molecule has 5 nitrogen and oxygen atoms in total. The molecule has 0 amide bonds. The molecule has 0 radical (unpaired) electrons. The van der Waals surface area contributed by atoms with Crippen LogP contribution < -0.4 is 0 Å². The highest BCUT2D eigenvalue weighted by molar-refractivity contribution is 6.31. The summed E-state index contributed by atoms with van der Waals surface area (Å²) >= 11 is 6.34. The Hall–Kier alpha value is -1.07. The molecule has 1 aromatic heterocycles. The lowest BCUT2D eigenvalue weighted by molar-refractivity contribution is -0.145. The number of likely N-dealkylation sites (tertiary alicyclic amines) is 1. The molecular formula is C15H24ClN3O2. The molecule has 2 rings (SSSR count). The zero-order valence-electron chi connectivity index (χ0n) is 13.0. The van der Waals surface area contributed by atoms with Gasteiger partial charge in [-0.1, -0.05) is 24.9 Å². The molecule has 2 heterocycles. The van der Waals surface area contributed by atoms with E-state index in [4.69, 9.17) is 11.6 Å². The van der Waals surface area contributed by atoms with E-state index in [1.54, 1.807) is 0 Å². The second-order valence-corrected chi connectivity index (χ2v) is 6.16. The third-order valence-electron chi connectivity index (χ3n) is 4.49. The van der Waals surface area contributed by atoms with Crippen LogP contribution in [0, 0.1) is 12.8 Å². The highest BCUT2D eigenvalue weighted by atomic mass is 35.5. The predicted octanol–water partition coefficient (Wildman–Crippen LogP) is 2.94. The Morgan fingerprint density at radius 1 is 1.48 bits per heavy atom. The molecule has 1 N–H and O–H groups in total. The van der Waals surface area contributed by atoms with Crippen LogP contribution in [-0.2, 0) is 17.9 Å². The van der Waals surface area contributed by atoms with Crippen molar-refractivity contribution >= 4 is 17.6 Å². The van der Waals surface area contributed by atoms with Gasteiger partial charge in [-0.15, -0.1) is 0 Å². The zero-order valence-corrected chi connectivity index (χ0v) is 13.7. The summed E-state index contributed by atoms with van der Waals surface area (Å²) in [5, 5.41) is 14.6. The second kappa shape index (κ2) is 6.79. The van der Waals surface area contributed by atoms with Crippen molar-refractivity contribution in [3.05, 3.63) is 16.4 Å². The van der Waals surface area contributed by atoms with Crippen molar-refractivity contribution in [1.29, 1.82) is 0 Å². The lowest BCUT2D eigenvalue weighted by Gasteiger charge is -2.36. The highest BCUT2D eigenvalue weighted by Gasteiger charge is 2.33. The van der Waals surface area contributed by atoms with Crippen molar-refractivity contribution in [3.8, 4) is 0 Å². The largest absolute Gasteiger partial charge is 0.480 e. The van der Waals surface area contributed by atoms with Gasteiger partial charge >= 0.3 is 5.97 Å². The van der Waals surface area contributed by atoms with Crippen molar-refractivity contribution < 1.29 is 9.90 Å². The number of hydrogen-bond acceptors (Lipinski definition) is 3. The van der Waals surface area contributed by atoms with E-state index in [0.717, 1.165) is 43.7 Å². The minimum Gasteiger partial charge on any atom is -0.480 e. The van der Waals surface area contributed by atoms with E-state index in [0.29, 0.717) is 17.5 Å². The molecule has 118 valence electrons. The number of nitrogens with zero attached hydrogens (tertiary/aromatic N) is 3. The summed E-state index contributed by atoms with van der Waals surface area (Å²) in [6.07, 6.45) is 2.82. The maximum atomic E-state index is 11.6. The minimum absolute atomic E-state index is 0.416. The van der Waals surface area contributed by atoms with Crippen LogP contribution >= 0.6 is 11.6 Å². The van der Waals surface area contributed by atoms with Gasteiger partial charge in [-0.3, -0.25) is 14.4 Å². The number of carbonyl (C=O) groups is 1. The van der Waals surface area contributed by atoms with Gasteiger partial charge in [0, 0.05) is 13.1 Å². The molecular weight excluding hydrogens is 290 g/mol. The quantitative estimate of drug-likeness (QED) is 0.908. The number of carboxylic acids is 1. The Bertz CT molecular complexity index is 515. The van der Waals surface area contributed by atoms with Crippen LogP contribution in [0.25, 0.3) is 0 Å². The van der Waals surface area contributed by atoms with E-state index in [1.807, 2.05) is 23.4 Å². The zero-order chi connectivity index (χ0) is 15.6. The maximum absolute atomic E-state index is 11.6. The van der Waals surface area contributed by atoms with Gasteiger partial charge in [0.2, 0.25) is 0 Å². The van der Waals surface area contributed by atoms with Crippen LogP contribution in [0.1, 0.15) is 44.5 Å². The molecule has 0 spiro atoms. The van der Waals surface area contributed by atoms with Gasteiger partial charge in [0.25, 0.3) is 0 Å². The average Bonchev–Trinajstić information content (AvgIpc) is 2.75. The number of piperidine rings is 1. The predicted molar refractivity (Wildman–Crippen MR) is 82.5 cm³/mol. The van der Waals surface area contributed by atoms with Gasteiger partial charge in [0.1, 0.15) is 6.04 Å². The monoisotopic (exact) mass is 313 g/mol. The standard InChI is InChI=1S/C15H24ClN3O2/c1-4-11-6-7-18(12(8-11)15(20)21)9-13-14(16)10(3)17-19(13)5-2/h11-12H,4-9H2,1-3H3,(H,20,21). The topological polar surface area (TPSA) is 58.4 Å². The van der Waals surface area contributed by atoms with Crippen LogP contribution in [0.5, 0.6) is 0 Å². The Kier molecular flexibility index (Phi) is 5.27. The van der Waals surface area contributed by atoms with Crippen LogP contribution in [-0.4, -0.2) is 38.3 Å². The molecule has 0 aliphatic carbocycles. The van der Waals surface area contributed by atoms with Crippen molar-refractivity contribution in [2.75, 3.05) is 6.54 Å². The van der Waals surface area contributed by atoms with Gasteiger partial charge in [0.15, 0.2) is 0 Å². The third-order valence-corrected chi connectivity index (χ3v) is 4.98. The fraction of sp³-hybridized carbons (Fsp3) is 0.733. The van der Waals surface area contributed by atoms with E-state index in [1.165, 1.54) is 0 Å². The molecule has 0 bridgehead atoms. The van der Waals surface area contributed by atoms with Gasteiger partial charge in [0.05, 0.1) is 16.4 Å². The number of aromatic nitrogens is 2. The van der Waals surface area contributed by atoms with Crippen LogP contribution in [0.3, 0.4) is 0 Å². The molecule has 1 fully saturated rings. The maximum Gasteiger partial charge on any atom is 0.320 e. The van der Waals surface area contributed by atoms with Crippen LogP contribution in [0.2, 0.25) is 5.02 Å². The normalized spacial score (nSPS) is 23.4. The summed E-state index contributed by atoms with van der Waals surface area (Å²) in [7, 11) is 0. The highest BCUT2D eigenvalue weighted by Crippen LogP contribution is 2.29. The van der Waals surface area contributed by atoms with E-state index >= 15 is 0 Å². The van der Waals surface area contributed by atoms with Crippen molar-refractivity contribution in [2.24, 2.45) is 5.92 Å². The fourth-order valence-electron chi connectivity index (χ4n) is 3.12. The molecule has 1 aliphatic heterocycles. The first-order valence-corrected chi connectivity index (χ1v) is 8.04. The number of hydrogen-bond donors (Lipinski definition) is 1. The van der Waals surface area contributed by atoms with E-state index in [9.17, 15) is 9.90 Å². The molecule has 21 heavy (non-hydrogen) atoms. The second-order valence-electron chi connectivity index (χ2n) is 5.79. The first-order valence-electron chi connectivity index (χ1n) is 7.66. The molecule has 1 saturated heterocycles. The molecule has 2 unspecified atom stereocenters. The van der Waals surface area contributed by atoms with Gasteiger partial charge in [-0.05, 0) is 39.2 Å². The van der Waals surface area contributed by atoms with Crippen LogP contribution in [0.15, 0.2) is 0 Å². The van der Waals surface area contributed by atoms with Gasteiger partial charge in [-0.25, -0.2) is 0 Å². The van der Waals surface area contributed by atoms with Gasteiger partial charge < -0.3 is 5.11 Å². The molecule has 0 aromatic carbocycles. The summed E-state index contributed by atoms with van der Waals surface area (Å²) in [4.78, 5) is 13.6. The molecule has 6 heteroatoms. The number of rotatable bonds is 5. The molecule has 2 atom stereocenters. The number of carboxylic acid groups (broad SMARTS) is 1. The number of halogens is 1. The van der Waals surface area contributed by atoms with Crippen molar-refractivity contribution in [1.82, 2.24) is 14.7 Å². The first kappa shape index (κ1) is 16.3. The Balaban J connectivity index is 2.19. The van der Waals surface area contributed by atoms with E-state index in [2.05, 4.69) is 12.0 Å². The number of aliphatic carboxylic acids is 1. The summed E-state index contributed by atoms with van der Waals surface area (Å²) < 4.78 is 1.88. The van der Waals surface area contributed by atoms with Gasteiger partial charge in [-0.2, -0.15) is 5.10 Å². The van der Waals surface area contributed by atoms with Crippen molar-refractivity contribution in [3.63, 3.8) is 0 Å².